The molecule has 1 aliphatic carbocycles. The van der Waals surface area contributed by atoms with Crippen molar-refractivity contribution < 1.29 is 31.9 Å². The molecule has 1 saturated carbocycles. The van der Waals surface area contributed by atoms with Gasteiger partial charge in [0.15, 0.2) is 0 Å². The predicted molar refractivity (Wildman–Crippen MR) is 112 cm³/mol. The van der Waals surface area contributed by atoms with Crippen LogP contribution in [0.2, 0.25) is 5.02 Å². The zero-order valence-corrected chi connectivity index (χ0v) is 18.4. The first-order chi connectivity index (χ1) is 15.5. The molecule has 33 heavy (non-hydrogen) atoms. The number of carbonyl (C=O) groups is 2. The lowest BCUT2D eigenvalue weighted by Gasteiger charge is -2.35. The van der Waals surface area contributed by atoms with Crippen LogP contribution in [0.4, 0.5) is 22.4 Å². The molecule has 1 heterocycles. The van der Waals surface area contributed by atoms with Crippen LogP contribution < -0.4 is 10.6 Å². The fourth-order valence-corrected chi connectivity index (χ4v) is 4.03. The summed E-state index contributed by atoms with van der Waals surface area (Å²) in [6, 6.07) is 3.72. The molecule has 1 atom stereocenters. The summed E-state index contributed by atoms with van der Waals surface area (Å²) in [5.41, 5.74) is -3.59. The molecule has 0 saturated heterocycles. The van der Waals surface area contributed by atoms with Crippen LogP contribution in [0.5, 0.6) is 0 Å². The number of nitrogens with zero attached hydrogens (tertiary/aromatic N) is 1. The molecule has 6 nitrogen and oxygen atoms in total. The van der Waals surface area contributed by atoms with E-state index >= 15 is 0 Å². The number of carbonyl (C=O) groups excluding carboxylic acids is 2. The molecule has 1 aromatic carbocycles. The molecule has 0 spiro atoms. The number of aromatic nitrogens is 1. The van der Waals surface area contributed by atoms with Gasteiger partial charge in [0.25, 0.3) is 0 Å². The van der Waals surface area contributed by atoms with Crippen molar-refractivity contribution >= 4 is 23.6 Å². The van der Waals surface area contributed by atoms with Crippen molar-refractivity contribution in [3.63, 3.8) is 0 Å². The third-order valence-corrected chi connectivity index (χ3v) is 5.76. The lowest BCUT2D eigenvalue weighted by Crippen LogP contribution is -2.54. The van der Waals surface area contributed by atoms with Crippen LogP contribution in [0.25, 0.3) is 0 Å². The Morgan fingerprint density at radius 1 is 1.15 bits per heavy atom. The van der Waals surface area contributed by atoms with Gasteiger partial charge in [-0.2, -0.15) is 13.2 Å². The Hall–Kier alpha value is -2.88. The van der Waals surface area contributed by atoms with E-state index in [4.69, 9.17) is 16.3 Å². The van der Waals surface area contributed by atoms with E-state index in [2.05, 4.69) is 15.6 Å². The minimum absolute atomic E-state index is 0.0161. The van der Waals surface area contributed by atoms with Gasteiger partial charge < -0.3 is 15.4 Å². The minimum Gasteiger partial charge on any atom is -0.469 e. The highest BCUT2D eigenvalue weighted by atomic mass is 35.5. The van der Waals surface area contributed by atoms with Gasteiger partial charge >= 0.3 is 18.2 Å². The van der Waals surface area contributed by atoms with Crippen LogP contribution in [0.1, 0.15) is 48.9 Å². The van der Waals surface area contributed by atoms with Gasteiger partial charge in [0, 0.05) is 12.2 Å². The van der Waals surface area contributed by atoms with Crippen LogP contribution in [0.3, 0.4) is 0 Å². The van der Waals surface area contributed by atoms with E-state index in [0.717, 1.165) is 38.9 Å². The third-order valence-electron chi connectivity index (χ3n) is 5.54. The van der Waals surface area contributed by atoms with Gasteiger partial charge in [-0.15, -0.1) is 0 Å². The Morgan fingerprint density at radius 3 is 2.39 bits per heavy atom. The van der Waals surface area contributed by atoms with Gasteiger partial charge in [-0.3, -0.25) is 9.78 Å². The molecule has 0 bridgehead atoms. The molecule has 1 fully saturated rings. The maximum absolute atomic E-state index is 14.4. The number of halogens is 5. The van der Waals surface area contributed by atoms with Crippen LogP contribution in [-0.2, 0) is 21.2 Å². The van der Waals surface area contributed by atoms with E-state index in [0.29, 0.717) is 12.1 Å². The van der Waals surface area contributed by atoms with Crippen molar-refractivity contribution in [2.75, 3.05) is 7.11 Å². The Morgan fingerprint density at radius 2 is 1.82 bits per heavy atom. The molecule has 0 aliphatic heterocycles. The number of alkyl halides is 3. The molecule has 2 N–H and O–H groups in total. The normalized spacial score (nSPS) is 16.2. The van der Waals surface area contributed by atoms with E-state index in [1.54, 1.807) is 0 Å². The number of amides is 2. The second-order valence-corrected chi connectivity index (χ2v) is 8.26. The van der Waals surface area contributed by atoms with Crippen molar-refractivity contribution in [2.45, 2.75) is 49.9 Å². The van der Waals surface area contributed by atoms with E-state index in [9.17, 15) is 27.2 Å². The molecule has 1 unspecified atom stereocenters. The van der Waals surface area contributed by atoms with Crippen molar-refractivity contribution in [3.8, 4) is 0 Å². The van der Waals surface area contributed by atoms with Gasteiger partial charge in [0.05, 0.1) is 29.8 Å². The number of pyridine rings is 1. The average molecular weight is 488 g/mol. The second kappa shape index (κ2) is 9.94. The predicted octanol–water partition coefficient (Wildman–Crippen LogP) is 4.94. The molecule has 0 radical (unpaired) electrons. The number of urea groups is 1. The number of methoxy groups -OCH3 is 1. The van der Waals surface area contributed by atoms with Gasteiger partial charge in [-0.25, -0.2) is 9.18 Å². The zero-order chi connectivity index (χ0) is 24.2. The molecule has 2 aromatic rings. The summed E-state index contributed by atoms with van der Waals surface area (Å²) in [6.45, 7) is 0. The highest BCUT2D eigenvalue weighted by Crippen LogP contribution is 2.38. The Bertz CT molecular complexity index is 1010. The van der Waals surface area contributed by atoms with Gasteiger partial charge in [-0.1, -0.05) is 24.4 Å². The summed E-state index contributed by atoms with van der Waals surface area (Å²) >= 11 is 5.91. The van der Waals surface area contributed by atoms with Crippen LogP contribution in [0, 0.1) is 5.82 Å². The second-order valence-electron chi connectivity index (χ2n) is 7.83. The molecular formula is C22H22ClF4N3O3. The SMILES string of the molecule is COC(=O)CC(NC(=O)NC1CCCC1)(c1cc(F)cc(C(F)(F)F)c1)c1ccc(Cl)cn1. The summed E-state index contributed by atoms with van der Waals surface area (Å²) in [6.07, 6.45) is -0.955. The Labute approximate surface area is 192 Å². The summed E-state index contributed by atoms with van der Waals surface area (Å²) in [7, 11) is 1.09. The summed E-state index contributed by atoms with van der Waals surface area (Å²) in [4.78, 5) is 29.4. The van der Waals surface area contributed by atoms with Crippen molar-refractivity contribution in [1.82, 2.24) is 15.6 Å². The lowest BCUT2D eigenvalue weighted by atomic mass is 9.82. The molecule has 3 rings (SSSR count). The number of rotatable bonds is 6. The topological polar surface area (TPSA) is 80.3 Å². The monoisotopic (exact) mass is 487 g/mol. The van der Waals surface area contributed by atoms with E-state index in [-0.39, 0.29) is 22.3 Å². The smallest absolute Gasteiger partial charge is 0.416 e. The van der Waals surface area contributed by atoms with Gasteiger partial charge in [0.2, 0.25) is 0 Å². The summed E-state index contributed by atoms with van der Waals surface area (Å²) in [5.74, 6) is -2.05. The molecule has 1 aromatic heterocycles. The maximum atomic E-state index is 14.4. The molecule has 2 amide bonds. The van der Waals surface area contributed by atoms with Gasteiger partial charge in [0.1, 0.15) is 11.4 Å². The number of hydrogen-bond acceptors (Lipinski definition) is 4. The van der Waals surface area contributed by atoms with Crippen molar-refractivity contribution in [3.05, 3.63) is 64.2 Å². The van der Waals surface area contributed by atoms with E-state index < -0.39 is 41.5 Å². The zero-order valence-electron chi connectivity index (χ0n) is 17.6. The fourth-order valence-electron chi connectivity index (χ4n) is 3.92. The standard InChI is InChI=1S/C22H22ClF4N3O3/c1-33-19(31)11-21(18-7-6-15(23)12-28-18,30-20(32)29-17-4-2-3-5-17)13-8-14(22(25,26)27)10-16(24)9-13/h6-10,12,17H,2-5,11H2,1H3,(H2,29,30,32). The maximum Gasteiger partial charge on any atom is 0.416 e. The molecule has 11 heteroatoms. The largest absolute Gasteiger partial charge is 0.469 e. The Kier molecular flexibility index (Phi) is 7.46. The number of esters is 1. The van der Waals surface area contributed by atoms with E-state index in [1.165, 1.54) is 18.3 Å². The quantitative estimate of drug-likeness (QED) is 0.447. The third kappa shape index (κ3) is 5.93. The summed E-state index contributed by atoms with van der Waals surface area (Å²) < 4.78 is 59.5. The first kappa shape index (κ1) is 24.8. The first-order valence-corrected chi connectivity index (χ1v) is 10.6. The fraction of sp³-hybridized carbons (Fsp3) is 0.409. The molecule has 1 aliphatic rings. The van der Waals surface area contributed by atoms with Crippen molar-refractivity contribution in [2.24, 2.45) is 0 Å². The highest BCUT2D eigenvalue weighted by molar-refractivity contribution is 6.30. The average Bonchev–Trinajstić information content (AvgIpc) is 3.25. The first-order valence-electron chi connectivity index (χ1n) is 10.2. The van der Waals surface area contributed by atoms with Crippen molar-refractivity contribution in [1.29, 1.82) is 0 Å². The summed E-state index contributed by atoms with van der Waals surface area (Å²) in [5, 5.41) is 5.57. The van der Waals surface area contributed by atoms with Crippen LogP contribution in [-0.4, -0.2) is 30.1 Å². The molecule has 178 valence electrons. The number of nitrogens with one attached hydrogen (secondary N) is 2. The van der Waals surface area contributed by atoms with Crippen LogP contribution >= 0.6 is 11.6 Å². The van der Waals surface area contributed by atoms with Crippen LogP contribution in [0.15, 0.2) is 36.5 Å². The number of hydrogen-bond donors (Lipinski definition) is 2. The van der Waals surface area contributed by atoms with E-state index in [1.807, 2.05) is 0 Å². The number of benzene rings is 1. The van der Waals surface area contributed by atoms with Gasteiger partial charge in [-0.05, 0) is 48.7 Å². The molecular weight excluding hydrogens is 466 g/mol. The Balaban J connectivity index is 2.17. The minimum atomic E-state index is -4.87. The number of ether oxygens (including phenoxy) is 1. The lowest BCUT2D eigenvalue weighted by molar-refractivity contribution is -0.142. The highest BCUT2D eigenvalue weighted by Gasteiger charge is 2.43.